The molecule has 0 aromatic rings. The van der Waals surface area contributed by atoms with Crippen molar-refractivity contribution in [2.45, 2.75) is 141 Å². The van der Waals surface area contributed by atoms with Crippen LogP contribution in [0.1, 0.15) is 92.9 Å². The predicted molar refractivity (Wildman–Crippen MR) is 206 cm³/mol. The number of Topliss-reactive ketones (excluding diaryl/α,β-unsaturated/α-hetero) is 1. The van der Waals surface area contributed by atoms with E-state index in [0.717, 1.165) is 0 Å². The van der Waals surface area contributed by atoms with Gasteiger partial charge in [-0.05, 0) is 57.8 Å². The van der Waals surface area contributed by atoms with Crippen molar-refractivity contribution in [2.75, 3.05) is 19.7 Å². The van der Waals surface area contributed by atoms with Crippen LogP contribution in [0.2, 0.25) is 0 Å². The van der Waals surface area contributed by atoms with Gasteiger partial charge in [0.25, 0.3) is 0 Å². The molecule has 0 aliphatic carbocycles. The van der Waals surface area contributed by atoms with Crippen LogP contribution in [0.3, 0.4) is 0 Å². The maximum absolute atomic E-state index is 13.9. The number of carboxylic acids is 1. The summed E-state index contributed by atoms with van der Waals surface area (Å²) in [6.07, 6.45) is 1.11. The van der Waals surface area contributed by atoms with E-state index in [0.29, 0.717) is 19.3 Å². The Labute approximate surface area is 337 Å². The van der Waals surface area contributed by atoms with E-state index in [1.165, 1.54) is 23.6 Å². The Morgan fingerprint density at radius 3 is 1.76 bits per heavy atom. The Morgan fingerprint density at radius 1 is 0.724 bits per heavy atom. The van der Waals surface area contributed by atoms with E-state index in [4.69, 9.17) is 11.5 Å². The molecule has 0 aromatic heterocycles. The lowest BCUT2D eigenvalue weighted by Gasteiger charge is -2.33. The van der Waals surface area contributed by atoms with Gasteiger partial charge in [-0.15, -0.1) is 0 Å². The molecule has 0 bridgehead atoms. The van der Waals surface area contributed by atoms with Crippen molar-refractivity contribution in [1.82, 2.24) is 36.4 Å². The molecule has 58 heavy (non-hydrogen) atoms. The summed E-state index contributed by atoms with van der Waals surface area (Å²) in [6, 6.07) is -9.81. The summed E-state index contributed by atoms with van der Waals surface area (Å²) in [5.41, 5.74) is 10.8. The predicted octanol–water partition coefficient (Wildman–Crippen LogP) is -3.24. The fourth-order valence-corrected chi connectivity index (χ4v) is 6.78. The van der Waals surface area contributed by atoms with Crippen LogP contribution < -0.4 is 38.1 Å². The van der Waals surface area contributed by atoms with Crippen molar-refractivity contribution in [3.63, 3.8) is 0 Å². The van der Waals surface area contributed by atoms with Crippen molar-refractivity contribution >= 4 is 59.0 Å². The van der Waals surface area contributed by atoms with Gasteiger partial charge in [-0.3, -0.25) is 38.4 Å². The summed E-state index contributed by atoms with van der Waals surface area (Å²) in [4.78, 5) is 130. The number of aliphatic carboxylic acids is 1. The van der Waals surface area contributed by atoms with Crippen LogP contribution in [0, 0.1) is 11.8 Å². The first-order valence-corrected chi connectivity index (χ1v) is 19.6. The largest absolute Gasteiger partial charge is 0.480 e. The number of nitrogens with one attached hydrogen (secondary N) is 5. The van der Waals surface area contributed by atoms with Gasteiger partial charge in [0.05, 0.1) is 19.1 Å². The molecular formula is C37H61N9O12. The number of likely N-dealkylation sites (tertiary alicyclic amines) is 2. The maximum atomic E-state index is 13.9. The number of nitrogens with two attached hydrogens (primary N) is 2. The summed E-state index contributed by atoms with van der Waals surface area (Å²) in [6.45, 7) is 8.86. The molecule has 0 aromatic carbocycles. The first kappa shape index (κ1) is 49.0. The molecule has 2 aliphatic rings. The first-order valence-electron chi connectivity index (χ1n) is 19.6. The molecule has 0 radical (unpaired) electrons. The number of hydrogen-bond acceptors (Lipinski definition) is 12. The zero-order valence-corrected chi connectivity index (χ0v) is 34.1. The summed E-state index contributed by atoms with van der Waals surface area (Å²) in [7, 11) is 0. The van der Waals surface area contributed by atoms with Crippen LogP contribution in [0.15, 0.2) is 0 Å². The average Bonchev–Trinajstić information content (AvgIpc) is 3.86. The fraction of sp³-hybridized carbons (Fsp3) is 0.730. The van der Waals surface area contributed by atoms with Crippen molar-refractivity contribution in [1.29, 1.82) is 0 Å². The molecule has 326 valence electrons. The molecule has 21 heteroatoms. The van der Waals surface area contributed by atoms with Crippen LogP contribution >= 0.6 is 0 Å². The van der Waals surface area contributed by atoms with Gasteiger partial charge in [0.2, 0.25) is 47.3 Å². The van der Waals surface area contributed by atoms with Gasteiger partial charge in [-0.2, -0.15) is 0 Å². The van der Waals surface area contributed by atoms with Gasteiger partial charge in [-0.25, -0.2) is 4.79 Å². The number of hydrogen-bond donors (Lipinski definition) is 9. The third kappa shape index (κ3) is 13.7. The number of carbonyl (C=O) groups is 10. The topological polar surface area (TPSA) is 330 Å². The average molecular weight is 824 g/mol. The Kier molecular flexibility index (Phi) is 19.1. The molecule has 21 nitrogen and oxygen atoms in total. The number of aliphatic hydroxyl groups is 1. The minimum absolute atomic E-state index is 0.0695. The second-order valence-corrected chi connectivity index (χ2v) is 15.4. The van der Waals surface area contributed by atoms with E-state index in [2.05, 4.69) is 26.6 Å². The standard InChI is InChI=1S/C37H61N9O12/c1-7-19(4)29(36(56)46-15-9-10-25(46)32(52)41-23(37(57)58)13-12-20(5)48)44-31(51)24(17-47)42-34(54)28(18(2)3)43-33(53)26-11-8-14-45(26)35(55)21(6)40-30(50)22(38)16-27(39)49/h18-19,21-26,28-29,47H,7-17,38H2,1-6H3,(H2,39,49)(H,40,50)(H,41,52)(H,42,54)(H,43,53)(H,44,51)(H,57,58)/t19-,21-,22-,23-,24-,25?,26-,28?,29-/m0/s1. The van der Waals surface area contributed by atoms with Crippen LogP contribution in [-0.4, -0.2) is 147 Å². The van der Waals surface area contributed by atoms with E-state index >= 15 is 0 Å². The highest BCUT2D eigenvalue weighted by molar-refractivity contribution is 5.98. The molecule has 0 saturated carbocycles. The zero-order chi connectivity index (χ0) is 44.0. The van der Waals surface area contributed by atoms with E-state index in [1.807, 2.05) is 0 Å². The Balaban J connectivity index is 2.15. The monoisotopic (exact) mass is 823 g/mol. The van der Waals surface area contributed by atoms with Crippen LogP contribution in [0.5, 0.6) is 0 Å². The minimum atomic E-state index is -1.57. The third-order valence-corrected chi connectivity index (χ3v) is 10.4. The maximum Gasteiger partial charge on any atom is 0.326 e. The number of primary amides is 1. The number of rotatable bonds is 22. The second kappa shape index (κ2) is 22.7. The quantitative estimate of drug-likeness (QED) is 0.0519. The van der Waals surface area contributed by atoms with Gasteiger partial charge < -0.3 is 62.9 Å². The third-order valence-electron chi connectivity index (χ3n) is 10.4. The van der Waals surface area contributed by atoms with Gasteiger partial charge in [0.15, 0.2) is 0 Å². The summed E-state index contributed by atoms with van der Waals surface area (Å²) < 4.78 is 0. The lowest BCUT2D eigenvalue weighted by atomic mass is 9.96. The highest BCUT2D eigenvalue weighted by atomic mass is 16.4. The van der Waals surface area contributed by atoms with E-state index < -0.39 is 126 Å². The van der Waals surface area contributed by atoms with Crippen molar-refractivity contribution in [2.24, 2.45) is 23.3 Å². The molecule has 2 rings (SSSR count). The number of aliphatic hydroxyl groups excluding tert-OH is 1. The number of ketones is 1. The smallest absolute Gasteiger partial charge is 0.326 e. The molecule has 2 aliphatic heterocycles. The number of carboxylic acid groups (broad SMARTS) is 1. The number of nitrogens with zero attached hydrogens (tertiary/aromatic N) is 2. The molecule has 11 N–H and O–H groups in total. The molecular weight excluding hydrogens is 762 g/mol. The van der Waals surface area contributed by atoms with Crippen LogP contribution in [0.4, 0.5) is 0 Å². The van der Waals surface area contributed by atoms with E-state index in [1.54, 1.807) is 27.7 Å². The van der Waals surface area contributed by atoms with Crippen LogP contribution in [-0.2, 0) is 47.9 Å². The van der Waals surface area contributed by atoms with Gasteiger partial charge in [0.1, 0.15) is 48.1 Å². The fourth-order valence-electron chi connectivity index (χ4n) is 6.78. The van der Waals surface area contributed by atoms with Crippen molar-refractivity contribution in [3.8, 4) is 0 Å². The van der Waals surface area contributed by atoms with E-state index in [9.17, 15) is 58.2 Å². The van der Waals surface area contributed by atoms with Crippen LogP contribution in [0.25, 0.3) is 0 Å². The normalized spacial score (nSPS) is 20.1. The molecule has 2 heterocycles. The lowest BCUT2D eigenvalue weighted by Crippen LogP contribution is -2.62. The lowest BCUT2D eigenvalue weighted by molar-refractivity contribution is -0.145. The number of carbonyl (C=O) groups excluding carboxylic acids is 9. The number of amides is 8. The summed E-state index contributed by atoms with van der Waals surface area (Å²) >= 11 is 0. The molecule has 8 amide bonds. The first-order chi connectivity index (χ1) is 27.1. The van der Waals surface area contributed by atoms with Gasteiger partial charge >= 0.3 is 5.97 Å². The highest BCUT2D eigenvalue weighted by Crippen LogP contribution is 2.23. The minimum Gasteiger partial charge on any atom is -0.480 e. The Hall–Kier alpha value is -5.18. The SMILES string of the molecule is CC[C@H](C)[C@H](NC(=O)[C@H](CO)NC(=O)C(NC(=O)[C@@H]1CCCN1C(=O)[C@H](C)NC(=O)[C@@H](N)CC(N)=O)C(C)C)C(=O)N1CCCC1C(=O)N[C@@H](CCC(C)=O)C(=O)O. The Bertz CT molecular complexity index is 1560. The second-order valence-electron chi connectivity index (χ2n) is 15.4. The molecule has 0 spiro atoms. The van der Waals surface area contributed by atoms with Gasteiger partial charge in [0, 0.05) is 19.5 Å². The van der Waals surface area contributed by atoms with Gasteiger partial charge in [-0.1, -0.05) is 34.1 Å². The van der Waals surface area contributed by atoms with Crippen molar-refractivity contribution in [3.05, 3.63) is 0 Å². The summed E-state index contributed by atoms with van der Waals surface area (Å²) in [5.74, 6) is -8.56. The van der Waals surface area contributed by atoms with E-state index in [-0.39, 0.29) is 44.6 Å². The molecule has 2 saturated heterocycles. The molecule has 9 atom stereocenters. The molecule has 2 unspecified atom stereocenters. The molecule has 2 fully saturated rings. The van der Waals surface area contributed by atoms with Crippen molar-refractivity contribution < 1.29 is 58.2 Å². The Morgan fingerprint density at radius 2 is 1.28 bits per heavy atom. The summed E-state index contributed by atoms with van der Waals surface area (Å²) in [5, 5.41) is 32.3. The zero-order valence-electron chi connectivity index (χ0n) is 34.1. The highest BCUT2D eigenvalue weighted by Gasteiger charge is 2.42.